The molecule has 0 aliphatic heterocycles. The molecule has 2 unspecified atom stereocenters. The number of carbonyl (C=O) groups excluding carboxylic acids is 1. The third kappa shape index (κ3) is 18.5. The number of amides is 1. The summed E-state index contributed by atoms with van der Waals surface area (Å²) in [4.78, 5) is 12.1. The average molecular weight is 614 g/mol. The Kier molecular flexibility index (Phi) is 15.3. The Labute approximate surface area is 229 Å². The standard InChI is InChI=1S/C22H55NO7Si6/c1-20(2)22(24)23-17-21(27-36(13,26-19-31)30-34(9,10)11)18-25-15-14-16-35(12,28-32(3,4)5)29-33(6,7)8/h21H,1,14-19H2,2-13,31H3,(H,23,24). The van der Waals surface area contributed by atoms with E-state index in [0.29, 0.717) is 31.6 Å². The van der Waals surface area contributed by atoms with Crippen molar-refractivity contribution in [3.63, 3.8) is 0 Å². The second-order valence-electron chi connectivity index (χ2n) is 12.5. The Morgan fingerprint density at radius 2 is 1.39 bits per heavy atom. The van der Waals surface area contributed by atoms with Gasteiger partial charge in [-0.2, -0.15) is 0 Å². The Hall–Kier alpha value is 0.271. The van der Waals surface area contributed by atoms with Gasteiger partial charge in [0.2, 0.25) is 5.91 Å². The number of hydrogen-bond acceptors (Lipinski definition) is 7. The monoisotopic (exact) mass is 613 g/mol. The molecule has 36 heavy (non-hydrogen) atoms. The molecule has 0 saturated carbocycles. The van der Waals surface area contributed by atoms with E-state index in [2.05, 4.69) is 77.4 Å². The van der Waals surface area contributed by atoms with Gasteiger partial charge in [0.25, 0.3) is 0 Å². The van der Waals surface area contributed by atoms with Crippen LogP contribution in [0, 0.1) is 0 Å². The minimum Gasteiger partial charge on any atom is -0.437 e. The lowest BCUT2D eigenvalue weighted by atomic mass is 10.3. The van der Waals surface area contributed by atoms with Crippen LogP contribution >= 0.6 is 0 Å². The molecular weight excluding hydrogens is 559 g/mol. The SMILES string of the molecule is C=C(C)C(=O)NCC(COCCC[Si](C)(O[Si](C)(C)C)O[Si](C)(C)C)O[Si](C)(OC[SiH3])O[Si](C)(C)C. The minimum absolute atomic E-state index is 0.198. The second kappa shape index (κ2) is 15.2. The fourth-order valence-electron chi connectivity index (χ4n) is 3.83. The first-order valence-corrected chi connectivity index (χ1v) is 29.4. The molecule has 0 fully saturated rings. The van der Waals surface area contributed by atoms with Crippen molar-refractivity contribution in [1.29, 1.82) is 0 Å². The quantitative estimate of drug-likeness (QED) is 0.134. The summed E-state index contributed by atoms with van der Waals surface area (Å²) in [7, 11) is -9.64. The van der Waals surface area contributed by atoms with Gasteiger partial charge < -0.3 is 31.3 Å². The van der Waals surface area contributed by atoms with Gasteiger partial charge in [0.15, 0.2) is 25.0 Å². The molecule has 1 N–H and O–H groups in total. The summed E-state index contributed by atoms with van der Waals surface area (Å²) in [5.74, 6) is -0.198. The fraction of sp³-hybridized carbons (Fsp3) is 0.864. The summed E-state index contributed by atoms with van der Waals surface area (Å²) in [6, 6.07) is 0.883. The van der Waals surface area contributed by atoms with E-state index in [-0.39, 0.29) is 12.0 Å². The van der Waals surface area contributed by atoms with Crippen molar-refractivity contribution in [3.05, 3.63) is 12.2 Å². The summed E-state index contributed by atoms with van der Waals surface area (Å²) in [6.45, 7) is 30.4. The van der Waals surface area contributed by atoms with Gasteiger partial charge in [-0.25, -0.2) is 0 Å². The topological polar surface area (TPSA) is 84.5 Å². The molecule has 0 aliphatic carbocycles. The van der Waals surface area contributed by atoms with E-state index < -0.39 is 42.3 Å². The van der Waals surface area contributed by atoms with E-state index in [1.54, 1.807) is 6.92 Å². The smallest absolute Gasteiger partial charge is 0.437 e. The van der Waals surface area contributed by atoms with Crippen LogP contribution in [0.5, 0.6) is 0 Å². The lowest BCUT2D eigenvalue weighted by molar-refractivity contribution is -0.118. The predicted octanol–water partition coefficient (Wildman–Crippen LogP) is 4.01. The highest BCUT2D eigenvalue weighted by atomic mass is 28.5. The van der Waals surface area contributed by atoms with Crippen molar-refractivity contribution in [2.45, 2.75) is 97.5 Å². The van der Waals surface area contributed by atoms with Gasteiger partial charge in [-0.15, -0.1) is 0 Å². The summed E-state index contributed by atoms with van der Waals surface area (Å²) in [6.07, 6.45) is 1.10. The second-order valence-corrected chi connectivity index (χ2v) is 33.2. The Bertz CT molecular complexity index is 678. The lowest BCUT2D eigenvalue weighted by Crippen LogP contribution is -2.54. The Morgan fingerprint density at radius 1 is 0.889 bits per heavy atom. The van der Waals surface area contributed by atoms with Gasteiger partial charge in [0.1, 0.15) is 0 Å². The normalized spacial score (nSPS) is 16.0. The van der Waals surface area contributed by atoms with Gasteiger partial charge in [-0.05, 0) is 84.9 Å². The molecule has 0 bridgehead atoms. The first-order valence-electron chi connectivity index (χ1n) is 13.0. The van der Waals surface area contributed by atoms with Crippen molar-refractivity contribution in [1.82, 2.24) is 5.32 Å². The molecular formula is C22H55NO7Si6. The molecule has 0 heterocycles. The number of nitrogens with one attached hydrogen (secondary N) is 1. The maximum absolute atomic E-state index is 12.1. The van der Waals surface area contributed by atoms with Crippen LogP contribution in [0.4, 0.5) is 0 Å². The number of ether oxygens (including phenoxy) is 1. The number of carbonyl (C=O) groups is 1. The molecule has 0 spiro atoms. The van der Waals surface area contributed by atoms with Crippen LogP contribution in [0.25, 0.3) is 0 Å². The zero-order valence-electron chi connectivity index (χ0n) is 25.4. The maximum atomic E-state index is 12.1. The van der Waals surface area contributed by atoms with Crippen LogP contribution in [0.2, 0.25) is 78.1 Å². The maximum Gasteiger partial charge on any atom is 0.487 e. The third-order valence-corrected chi connectivity index (χ3v) is 20.4. The van der Waals surface area contributed by atoms with E-state index in [1.165, 1.54) is 0 Å². The molecule has 0 aromatic rings. The molecule has 14 heteroatoms. The summed E-state index contributed by atoms with van der Waals surface area (Å²) < 4.78 is 38.1. The van der Waals surface area contributed by atoms with Crippen molar-refractivity contribution < 1.29 is 30.7 Å². The van der Waals surface area contributed by atoms with Crippen LogP contribution in [-0.4, -0.2) is 90.6 Å². The predicted molar refractivity (Wildman–Crippen MR) is 165 cm³/mol. The van der Waals surface area contributed by atoms with Gasteiger partial charge >= 0.3 is 17.4 Å². The zero-order valence-corrected chi connectivity index (χ0v) is 32.4. The Morgan fingerprint density at radius 3 is 1.81 bits per heavy atom. The van der Waals surface area contributed by atoms with Gasteiger partial charge in [-0.3, -0.25) is 4.79 Å². The molecule has 1 amide bonds. The van der Waals surface area contributed by atoms with Gasteiger partial charge in [0, 0.05) is 41.7 Å². The van der Waals surface area contributed by atoms with Crippen LogP contribution in [0.15, 0.2) is 12.2 Å². The van der Waals surface area contributed by atoms with E-state index in [1.807, 2.05) is 6.55 Å². The molecule has 8 nitrogen and oxygen atoms in total. The van der Waals surface area contributed by atoms with Crippen molar-refractivity contribution >= 4 is 58.5 Å². The number of rotatable bonds is 19. The molecule has 2 atom stereocenters. The highest BCUT2D eigenvalue weighted by molar-refractivity contribution is 6.87. The molecule has 0 rings (SSSR count). The fourth-order valence-corrected chi connectivity index (χ4v) is 24.1. The molecule has 0 saturated heterocycles. The average Bonchev–Trinajstić information content (AvgIpc) is 2.60. The molecule has 0 radical (unpaired) electrons. The van der Waals surface area contributed by atoms with Crippen LogP contribution in [0.3, 0.4) is 0 Å². The number of hydrogen-bond donors (Lipinski definition) is 1. The van der Waals surface area contributed by atoms with Gasteiger partial charge in [0.05, 0.1) is 12.7 Å². The van der Waals surface area contributed by atoms with Crippen molar-refractivity contribution in [3.8, 4) is 0 Å². The minimum atomic E-state index is -2.88. The van der Waals surface area contributed by atoms with E-state index in [9.17, 15) is 4.79 Å². The zero-order chi connectivity index (χ0) is 28.4. The van der Waals surface area contributed by atoms with Crippen LogP contribution < -0.4 is 5.32 Å². The molecule has 214 valence electrons. The van der Waals surface area contributed by atoms with Gasteiger partial charge in [-0.1, -0.05) is 6.58 Å². The van der Waals surface area contributed by atoms with E-state index in [4.69, 9.17) is 25.9 Å². The molecule has 0 aliphatic rings. The van der Waals surface area contributed by atoms with E-state index in [0.717, 1.165) is 22.7 Å². The van der Waals surface area contributed by atoms with Crippen LogP contribution in [0.1, 0.15) is 13.3 Å². The summed E-state index contributed by atoms with van der Waals surface area (Å²) >= 11 is 0. The first-order chi connectivity index (χ1) is 16.1. The van der Waals surface area contributed by atoms with Crippen LogP contribution in [-0.2, 0) is 30.7 Å². The highest BCUT2D eigenvalue weighted by Crippen LogP contribution is 2.25. The third-order valence-electron chi connectivity index (χ3n) is 4.42. The van der Waals surface area contributed by atoms with Crippen molar-refractivity contribution in [2.24, 2.45) is 0 Å². The Balaban J connectivity index is 5.22. The highest BCUT2D eigenvalue weighted by Gasteiger charge is 2.42. The molecule has 0 aromatic carbocycles. The summed E-state index contributed by atoms with van der Waals surface area (Å²) in [5.41, 5.74) is 0.456. The largest absolute Gasteiger partial charge is 0.487 e. The first kappa shape index (κ1) is 36.3. The van der Waals surface area contributed by atoms with Crippen molar-refractivity contribution in [2.75, 3.05) is 26.0 Å². The summed E-state index contributed by atoms with van der Waals surface area (Å²) in [5, 5.41) is 2.89. The van der Waals surface area contributed by atoms with E-state index >= 15 is 0 Å². The molecule has 0 aromatic heterocycles. The lowest BCUT2D eigenvalue weighted by Gasteiger charge is -2.38.